The fourth-order valence-corrected chi connectivity index (χ4v) is 7.12. The maximum absolute atomic E-state index is 13.8. The van der Waals surface area contributed by atoms with Crippen LogP contribution < -0.4 is 5.73 Å². The highest BCUT2D eigenvalue weighted by Gasteiger charge is 2.66. The number of hydrogen-bond acceptors (Lipinski definition) is 10. The van der Waals surface area contributed by atoms with Crippen molar-refractivity contribution in [1.29, 1.82) is 0 Å². The highest BCUT2D eigenvalue weighted by Crippen LogP contribution is 2.52. The lowest BCUT2D eigenvalue weighted by molar-refractivity contribution is -0.178. The molecule has 5 rings (SSSR count). The van der Waals surface area contributed by atoms with Gasteiger partial charge in [-0.1, -0.05) is 12.1 Å². The van der Waals surface area contributed by atoms with E-state index in [1.165, 1.54) is 17.4 Å². The van der Waals surface area contributed by atoms with Crippen molar-refractivity contribution in [3.63, 3.8) is 0 Å². The van der Waals surface area contributed by atoms with Crippen LogP contribution >= 0.6 is 11.3 Å². The fourth-order valence-electron chi connectivity index (χ4n) is 6.42. The first-order valence-corrected chi connectivity index (χ1v) is 13.1. The summed E-state index contributed by atoms with van der Waals surface area (Å²) in [6, 6.07) is 2.19. The molecular formula is C27H29N3O7S. The number of allylic oxidation sites excluding steroid dienone is 1. The molecule has 1 fully saturated rings. The predicted octanol–water partition coefficient (Wildman–Crippen LogP) is 1.22. The van der Waals surface area contributed by atoms with E-state index in [0.717, 1.165) is 10.6 Å². The summed E-state index contributed by atoms with van der Waals surface area (Å²) in [5.41, 5.74) is 6.52. The average molecular weight is 540 g/mol. The number of benzene rings is 1. The van der Waals surface area contributed by atoms with Crippen molar-refractivity contribution in [2.24, 2.45) is 23.5 Å². The Morgan fingerprint density at radius 1 is 1.24 bits per heavy atom. The smallest absolute Gasteiger partial charge is 0.230 e. The molecule has 1 heterocycles. The van der Waals surface area contributed by atoms with E-state index in [2.05, 4.69) is 4.98 Å². The Balaban J connectivity index is 1.66. The largest absolute Gasteiger partial charge is 0.508 e. The molecule has 11 heteroatoms. The number of aromatic nitrogens is 1. The van der Waals surface area contributed by atoms with Crippen LogP contribution in [-0.2, 0) is 16.0 Å². The van der Waals surface area contributed by atoms with Crippen LogP contribution in [0.5, 0.6) is 5.75 Å². The number of fused-ring (bicyclic) bond motifs is 3. The van der Waals surface area contributed by atoms with Crippen molar-refractivity contribution >= 4 is 41.0 Å². The number of rotatable bonds is 4. The number of hydrogen-bond donors (Lipinski definition) is 5. The maximum atomic E-state index is 13.8. The molecule has 38 heavy (non-hydrogen) atoms. The first kappa shape index (κ1) is 26.2. The summed E-state index contributed by atoms with van der Waals surface area (Å²) in [5.74, 6) is -7.48. The Hall–Kier alpha value is -3.38. The third-order valence-corrected chi connectivity index (χ3v) is 9.11. The number of aromatic hydroxyl groups is 1. The van der Waals surface area contributed by atoms with Gasteiger partial charge in [0.25, 0.3) is 0 Å². The minimum Gasteiger partial charge on any atom is -0.508 e. The second-order valence-electron chi connectivity index (χ2n) is 10.5. The van der Waals surface area contributed by atoms with Crippen LogP contribution in [0.3, 0.4) is 0 Å². The van der Waals surface area contributed by atoms with E-state index in [0.29, 0.717) is 11.1 Å². The summed E-state index contributed by atoms with van der Waals surface area (Å²) in [4.78, 5) is 46.0. The van der Waals surface area contributed by atoms with Gasteiger partial charge in [0.2, 0.25) is 5.91 Å². The molecule has 2 unspecified atom stereocenters. The van der Waals surface area contributed by atoms with E-state index in [-0.39, 0.29) is 29.7 Å². The average Bonchev–Trinajstić information content (AvgIpc) is 3.25. The van der Waals surface area contributed by atoms with Crippen LogP contribution in [0.1, 0.15) is 38.5 Å². The zero-order valence-electron chi connectivity index (χ0n) is 21.1. The van der Waals surface area contributed by atoms with E-state index in [4.69, 9.17) is 5.73 Å². The topological polar surface area (TPSA) is 174 Å². The Morgan fingerprint density at radius 3 is 2.55 bits per heavy atom. The number of aryl methyl sites for hydroxylation is 1. The highest BCUT2D eigenvalue weighted by molar-refractivity contribution is 7.10. The van der Waals surface area contributed by atoms with Crippen molar-refractivity contribution in [3.05, 3.63) is 56.2 Å². The van der Waals surface area contributed by atoms with Gasteiger partial charge in [-0.25, -0.2) is 4.98 Å². The number of ketones is 2. The molecule has 0 aliphatic heterocycles. The normalized spacial score (nSPS) is 30.9. The number of amides is 1. The molecule has 0 radical (unpaired) electrons. The third-order valence-electron chi connectivity index (χ3n) is 8.21. The molecule has 3 aliphatic carbocycles. The monoisotopic (exact) mass is 539 g/mol. The number of phenols is 1. The molecule has 6 atom stereocenters. The number of carbonyl (C=O) groups is 3. The molecule has 10 nitrogen and oxygen atoms in total. The van der Waals surface area contributed by atoms with Gasteiger partial charge < -0.3 is 31.1 Å². The van der Waals surface area contributed by atoms with Crippen LogP contribution in [0, 0.1) is 24.7 Å². The van der Waals surface area contributed by atoms with Gasteiger partial charge in [0.1, 0.15) is 17.4 Å². The first-order valence-electron chi connectivity index (χ1n) is 12.2. The molecule has 0 spiro atoms. The third kappa shape index (κ3) is 3.64. The van der Waals surface area contributed by atoms with Gasteiger partial charge in [0.05, 0.1) is 22.9 Å². The number of aliphatic hydroxyl groups is 3. The van der Waals surface area contributed by atoms with Crippen LogP contribution in [0.2, 0.25) is 0 Å². The quantitative estimate of drug-likeness (QED) is 0.358. The van der Waals surface area contributed by atoms with E-state index in [1.807, 2.05) is 19.1 Å². The SMILES string of the molecule is Cc1ncsc1/C=C/c1ccc(O)c2c1C[C@H]1C[C@H]3[C@H](N(C)C)C(O)C(C(N)=O)C(=O)[C@@]3(O)C(O)=C1C2=O. The van der Waals surface area contributed by atoms with E-state index in [9.17, 15) is 34.8 Å². The van der Waals surface area contributed by atoms with E-state index < -0.39 is 58.7 Å². The van der Waals surface area contributed by atoms with Gasteiger partial charge >= 0.3 is 0 Å². The zero-order chi connectivity index (χ0) is 27.7. The molecule has 0 saturated heterocycles. The van der Waals surface area contributed by atoms with Crippen LogP contribution in [0.4, 0.5) is 0 Å². The van der Waals surface area contributed by atoms with Crippen molar-refractivity contribution in [3.8, 4) is 5.75 Å². The summed E-state index contributed by atoms with van der Waals surface area (Å²) in [6.45, 7) is 1.89. The summed E-state index contributed by atoms with van der Waals surface area (Å²) in [7, 11) is 3.25. The molecule has 6 N–H and O–H groups in total. The maximum Gasteiger partial charge on any atom is 0.230 e. The summed E-state index contributed by atoms with van der Waals surface area (Å²) in [5, 5.41) is 44.7. The van der Waals surface area contributed by atoms with Crippen LogP contribution in [0.25, 0.3) is 12.2 Å². The summed E-state index contributed by atoms with van der Waals surface area (Å²) >= 11 is 1.47. The molecule has 1 saturated carbocycles. The Kier molecular flexibility index (Phi) is 6.30. The molecule has 3 aliphatic rings. The highest BCUT2D eigenvalue weighted by atomic mass is 32.1. The first-order chi connectivity index (χ1) is 17.9. The van der Waals surface area contributed by atoms with Crippen molar-refractivity contribution < 1.29 is 34.8 Å². The minimum atomic E-state index is -2.59. The van der Waals surface area contributed by atoms with Crippen LogP contribution in [-0.4, -0.2) is 79.6 Å². The van der Waals surface area contributed by atoms with E-state index in [1.54, 1.807) is 30.6 Å². The van der Waals surface area contributed by atoms with E-state index >= 15 is 0 Å². The van der Waals surface area contributed by atoms with Crippen LogP contribution in [0.15, 0.2) is 29.0 Å². The Labute approximate surface area is 222 Å². The van der Waals surface area contributed by atoms with Gasteiger partial charge in [-0.05, 0) is 63.0 Å². The molecule has 2 aromatic rings. The van der Waals surface area contributed by atoms with Crippen molar-refractivity contribution in [2.75, 3.05) is 14.1 Å². The lowest BCUT2D eigenvalue weighted by atomic mass is 9.56. The molecule has 1 aromatic heterocycles. The number of phenolic OH excluding ortho intramolecular Hbond substituents is 1. The second-order valence-corrected chi connectivity index (χ2v) is 11.3. The molecule has 0 bridgehead atoms. The second kappa shape index (κ2) is 9.12. The van der Waals surface area contributed by atoms with Gasteiger partial charge in [-0.2, -0.15) is 0 Å². The number of primary amides is 1. The Morgan fingerprint density at radius 2 is 1.95 bits per heavy atom. The van der Waals surface area contributed by atoms with Crippen molar-refractivity contribution in [2.45, 2.75) is 37.5 Å². The number of thiazole rings is 1. The number of Topliss-reactive ketones (excluding diaryl/α,β-unsaturated/α-hetero) is 2. The molecule has 1 aromatic carbocycles. The predicted molar refractivity (Wildman–Crippen MR) is 139 cm³/mol. The standard InChI is InChI=1S/C27H29N3O7S/c1-11-17(38-10-29-11)7-5-12-4-6-16(31)19-14(12)8-13-9-15-21(30(2)3)23(33)20(26(28)36)25(35)27(15,37)24(34)18(13)22(19)32/h4-7,10,13,15,20-21,23,31,33-34,37H,8-9H2,1-3H3,(H2,28,36)/b7-5+/t13-,15-,20?,21-,23?,27-/m0/s1. The number of nitrogens with zero attached hydrogens (tertiary/aromatic N) is 2. The molecular weight excluding hydrogens is 510 g/mol. The molecule has 200 valence electrons. The van der Waals surface area contributed by atoms with Crippen molar-refractivity contribution in [1.82, 2.24) is 9.88 Å². The fraction of sp³-hybridized carbons (Fsp3) is 0.407. The zero-order valence-corrected chi connectivity index (χ0v) is 21.9. The van der Waals surface area contributed by atoms with Gasteiger partial charge in [0.15, 0.2) is 17.2 Å². The Bertz CT molecular complexity index is 1430. The van der Waals surface area contributed by atoms with Gasteiger partial charge in [0, 0.05) is 22.4 Å². The number of likely N-dealkylation sites (N-methyl/N-ethyl adjacent to an activating group) is 1. The molecule has 1 amide bonds. The summed E-state index contributed by atoms with van der Waals surface area (Å²) < 4.78 is 0. The number of aliphatic hydroxyl groups excluding tert-OH is 2. The van der Waals surface area contributed by atoms with Gasteiger partial charge in [-0.3, -0.25) is 14.4 Å². The lowest BCUT2D eigenvalue weighted by Gasteiger charge is -2.53. The minimum absolute atomic E-state index is 0.00747. The van der Waals surface area contributed by atoms with Gasteiger partial charge in [-0.15, -0.1) is 11.3 Å². The number of nitrogens with two attached hydrogens (primary N) is 1. The lowest BCUT2D eigenvalue weighted by Crippen LogP contribution is -2.71. The summed E-state index contributed by atoms with van der Waals surface area (Å²) in [6.07, 6.45) is 2.53. The number of carbonyl (C=O) groups excluding carboxylic acids is 3.